The first-order chi connectivity index (χ1) is 8.15. The van der Waals surface area contributed by atoms with E-state index in [4.69, 9.17) is 16.2 Å². The maximum absolute atomic E-state index is 5.63. The highest BCUT2D eigenvalue weighted by Gasteiger charge is 2.19. The lowest BCUT2D eigenvalue weighted by atomic mass is 9.85. The molecule has 2 unspecified atom stereocenters. The Balaban J connectivity index is 1.95. The molecule has 0 bridgehead atoms. The van der Waals surface area contributed by atoms with Crippen LogP contribution in [0, 0.1) is 11.8 Å². The van der Waals surface area contributed by atoms with Gasteiger partial charge in [-0.15, -0.1) is 0 Å². The lowest BCUT2D eigenvalue weighted by molar-refractivity contribution is 0.193. The summed E-state index contributed by atoms with van der Waals surface area (Å²) in [5.74, 6) is 2.10. The van der Waals surface area contributed by atoms with E-state index in [-0.39, 0.29) is 5.95 Å². The van der Waals surface area contributed by atoms with Crippen molar-refractivity contribution in [2.75, 3.05) is 18.1 Å². The summed E-state index contributed by atoms with van der Waals surface area (Å²) in [6.07, 6.45) is 6.60. The van der Waals surface area contributed by atoms with E-state index in [0.717, 1.165) is 12.8 Å². The van der Waals surface area contributed by atoms with Crippen molar-refractivity contribution >= 4 is 11.8 Å². The van der Waals surface area contributed by atoms with Crippen molar-refractivity contribution in [1.82, 2.24) is 9.97 Å². The van der Waals surface area contributed by atoms with E-state index in [0.29, 0.717) is 30.1 Å². The van der Waals surface area contributed by atoms with Gasteiger partial charge in [0.15, 0.2) is 0 Å². The molecule has 0 saturated heterocycles. The van der Waals surface area contributed by atoms with Gasteiger partial charge in [0.25, 0.3) is 0 Å². The largest absolute Gasteiger partial charge is 0.477 e. The van der Waals surface area contributed by atoms with Crippen molar-refractivity contribution in [3.8, 4) is 5.88 Å². The van der Waals surface area contributed by atoms with E-state index in [2.05, 4.69) is 29.0 Å². The van der Waals surface area contributed by atoms with Gasteiger partial charge in [-0.25, -0.2) is 0 Å². The van der Waals surface area contributed by atoms with Crippen molar-refractivity contribution < 1.29 is 4.74 Å². The molecule has 0 aromatic carbocycles. The van der Waals surface area contributed by atoms with Gasteiger partial charge in [-0.3, -0.25) is 0 Å². The van der Waals surface area contributed by atoms with Gasteiger partial charge in [0.1, 0.15) is 5.82 Å². The zero-order valence-corrected chi connectivity index (χ0v) is 9.97. The zero-order valence-electron chi connectivity index (χ0n) is 9.97. The second kappa shape index (κ2) is 5.03. The molecule has 2 rings (SSSR count). The first kappa shape index (κ1) is 11.7. The Morgan fingerprint density at radius 2 is 2.06 bits per heavy atom. The van der Waals surface area contributed by atoms with E-state index in [1.54, 1.807) is 6.07 Å². The number of nitrogens with two attached hydrogens (primary N) is 2. The molecule has 0 radical (unpaired) electrons. The highest BCUT2D eigenvalue weighted by Crippen LogP contribution is 2.25. The van der Waals surface area contributed by atoms with Crippen LogP contribution in [0.15, 0.2) is 18.2 Å². The molecule has 2 atom stereocenters. The zero-order chi connectivity index (χ0) is 12.3. The Morgan fingerprint density at radius 1 is 1.29 bits per heavy atom. The van der Waals surface area contributed by atoms with E-state index in [1.165, 1.54) is 0 Å². The summed E-state index contributed by atoms with van der Waals surface area (Å²) in [5.41, 5.74) is 11.1. The number of hydrogen-bond acceptors (Lipinski definition) is 5. The Morgan fingerprint density at radius 3 is 2.76 bits per heavy atom. The molecule has 4 N–H and O–H groups in total. The molecule has 17 heavy (non-hydrogen) atoms. The SMILES string of the molecule is CC1CC=CCC1COc1cc(N)nc(N)n1. The molecule has 1 aliphatic rings. The molecule has 92 valence electrons. The fourth-order valence-electron chi connectivity index (χ4n) is 1.97. The minimum Gasteiger partial charge on any atom is -0.477 e. The number of ether oxygens (including phenoxy) is 1. The second-order valence-electron chi connectivity index (χ2n) is 4.48. The molecule has 1 aliphatic carbocycles. The lowest BCUT2D eigenvalue weighted by Gasteiger charge is -2.24. The summed E-state index contributed by atoms with van der Waals surface area (Å²) >= 11 is 0. The van der Waals surface area contributed by atoms with Crippen LogP contribution in [0.5, 0.6) is 5.88 Å². The van der Waals surface area contributed by atoms with Gasteiger partial charge in [0.2, 0.25) is 11.8 Å². The molecule has 0 spiro atoms. The van der Waals surface area contributed by atoms with E-state index in [9.17, 15) is 0 Å². The standard InChI is InChI=1S/C12H18N4O/c1-8-4-2-3-5-9(8)7-17-11-6-10(13)15-12(14)16-11/h2-3,6,8-9H,4-5,7H2,1H3,(H4,13,14,15,16). The van der Waals surface area contributed by atoms with E-state index < -0.39 is 0 Å². The molecule has 1 aromatic heterocycles. The minimum absolute atomic E-state index is 0.150. The number of aromatic nitrogens is 2. The number of anilines is 2. The maximum atomic E-state index is 5.63. The van der Waals surface area contributed by atoms with Crippen molar-refractivity contribution in [1.29, 1.82) is 0 Å². The monoisotopic (exact) mass is 234 g/mol. The van der Waals surface area contributed by atoms with Gasteiger partial charge in [-0.2, -0.15) is 9.97 Å². The summed E-state index contributed by atoms with van der Waals surface area (Å²) < 4.78 is 5.63. The van der Waals surface area contributed by atoms with Crippen LogP contribution >= 0.6 is 0 Å². The highest BCUT2D eigenvalue weighted by molar-refractivity contribution is 5.38. The van der Waals surface area contributed by atoms with Crippen molar-refractivity contribution in [3.05, 3.63) is 18.2 Å². The molecule has 0 amide bonds. The number of hydrogen-bond donors (Lipinski definition) is 2. The fraction of sp³-hybridized carbons (Fsp3) is 0.500. The lowest BCUT2D eigenvalue weighted by Crippen LogP contribution is -2.21. The van der Waals surface area contributed by atoms with Gasteiger partial charge in [-0.1, -0.05) is 19.1 Å². The van der Waals surface area contributed by atoms with E-state index in [1.807, 2.05) is 0 Å². The smallest absolute Gasteiger partial charge is 0.225 e. The topological polar surface area (TPSA) is 87.0 Å². The first-order valence-electron chi connectivity index (χ1n) is 5.83. The van der Waals surface area contributed by atoms with Crippen LogP contribution in [0.2, 0.25) is 0 Å². The number of nitrogens with zero attached hydrogens (tertiary/aromatic N) is 2. The van der Waals surface area contributed by atoms with Crippen LogP contribution in [0.1, 0.15) is 19.8 Å². The summed E-state index contributed by atoms with van der Waals surface area (Å²) in [6.45, 7) is 2.88. The van der Waals surface area contributed by atoms with Gasteiger partial charge >= 0.3 is 0 Å². The Kier molecular flexibility index (Phi) is 3.46. The molecule has 0 saturated carbocycles. The number of allylic oxidation sites excluding steroid dienone is 2. The van der Waals surface area contributed by atoms with Crippen LogP contribution in [-0.4, -0.2) is 16.6 Å². The summed E-state index contributed by atoms with van der Waals surface area (Å²) in [5, 5.41) is 0. The van der Waals surface area contributed by atoms with Gasteiger partial charge < -0.3 is 16.2 Å². The minimum atomic E-state index is 0.150. The number of rotatable bonds is 3. The molecule has 1 heterocycles. The second-order valence-corrected chi connectivity index (χ2v) is 4.48. The number of nitrogen functional groups attached to an aromatic ring is 2. The third-order valence-electron chi connectivity index (χ3n) is 3.10. The quantitative estimate of drug-likeness (QED) is 0.776. The molecular formula is C12H18N4O. The Bertz CT molecular complexity index is 399. The normalized spacial score (nSPS) is 23.6. The van der Waals surface area contributed by atoms with Crippen molar-refractivity contribution in [3.63, 3.8) is 0 Å². The van der Waals surface area contributed by atoms with Crippen LogP contribution in [0.25, 0.3) is 0 Å². The van der Waals surface area contributed by atoms with Gasteiger partial charge in [0.05, 0.1) is 6.61 Å². The molecule has 0 aliphatic heterocycles. The van der Waals surface area contributed by atoms with Gasteiger partial charge in [0, 0.05) is 6.07 Å². The van der Waals surface area contributed by atoms with Crippen LogP contribution in [0.3, 0.4) is 0 Å². The van der Waals surface area contributed by atoms with Crippen LogP contribution in [0.4, 0.5) is 11.8 Å². The van der Waals surface area contributed by atoms with E-state index >= 15 is 0 Å². The molecule has 0 fully saturated rings. The predicted octanol–water partition coefficient (Wildman–Crippen LogP) is 1.62. The highest BCUT2D eigenvalue weighted by atomic mass is 16.5. The van der Waals surface area contributed by atoms with Crippen LogP contribution < -0.4 is 16.2 Å². The summed E-state index contributed by atoms with van der Waals surface area (Å²) in [4.78, 5) is 7.79. The van der Waals surface area contributed by atoms with Crippen molar-refractivity contribution in [2.45, 2.75) is 19.8 Å². The fourth-order valence-corrected chi connectivity index (χ4v) is 1.97. The Hall–Kier alpha value is -1.78. The van der Waals surface area contributed by atoms with Crippen LogP contribution in [-0.2, 0) is 0 Å². The molecule has 5 nitrogen and oxygen atoms in total. The van der Waals surface area contributed by atoms with Crippen molar-refractivity contribution in [2.24, 2.45) is 11.8 Å². The first-order valence-corrected chi connectivity index (χ1v) is 5.83. The molecule has 1 aromatic rings. The maximum Gasteiger partial charge on any atom is 0.225 e. The van der Waals surface area contributed by atoms with Gasteiger partial charge in [-0.05, 0) is 24.7 Å². The summed E-state index contributed by atoms with van der Waals surface area (Å²) in [6, 6.07) is 1.60. The third kappa shape index (κ3) is 3.09. The average Bonchev–Trinajstić information content (AvgIpc) is 2.27. The Labute approximate surface area is 101 Å². The summed E-state index contributed by atoms with van der Waals surface area (Å²) in [7, 11) is 0. The average molecular weight is 234 g/mol. The molecular weight excluding hydrogens is 216 g/mol. The third-order valence-corrected chi connectivity index (χ3v) is 3.10. The predicted molar refractivity (Wildman–Crippen MR) is 67.4 cm³/mol. The molecule has 5 heteroatoms.